The van der Waals surface area contributed by atoms with Crippen LogP contribution in [0.2, 0.25) is 5.02 Å². The maximum Gasteiger partial charge on any atom is 0.231 e. The van der Waals surface area contributed by atoms with Gasteiger partial charge >= 0.3 is 0 Å². The van der Waals surface area contributed by atoms with Crippen molar-refractivity contribution in [3.8, 4) is 6.07 Å². The average Bonchev–Trinajstić information content (AvgIpc) is 2.90. The van der Waals surface area contributed by atoms with Gasteiger partial charge in [0.1, 0.15) is 5.54 Å². The molecule has 134 valence electrons. The molecular weight excluding hydrogens is 356 g/mol. The number of benzene rings is 1. The normalized spacial score (nSPS) is 13.6. The minimum absolute atomic E-state index is 0.0262. The summed E-state index contributed by atoms with van der Waals surface area (Å²) in [7, 11) is 0. The van der Waals surface area contributed by atoms with E-state index >= 15 is 0 Å². The predicted octanol–water partition coefficient (Wildman–Crippen LogP) is 4.25. The topological polar surface area (TPSA) is 70.7 Å². The number of nitrogens with one attached hydrogen (secondary N) is 1. The molecule has 1 N–H and O–H groups in total. The molecule has 1 amide bonds. The van der Waals surface area contributed by atoms with Crippen LogP contribution < -0.4 is 5.32 Å². The van der Waals surface area contributed by atoms with Crippen LogP contribution in [0.1, 0.15) is 34.1 Å². The highest BCUT2D eigenvalue weighted by Crippen LogP contribution is 2.27. The van der Waals surface area contributed by atoms with E-state index in [4.69, 9.17) is 11.6 Å². The standard InChI is InChI=1S/C18H23ClN4OS/c1-5-8-23-15-7-6-13(19)9-14(15)21-17(23)25-10-16(24)22-18(4,11-20)12(2)3/h6-7,9,12H,5,8,10H2,1-4H3,(H,22,24)/t18-/m1/s1. The Labute approximate surface area is 157 Å². The van der Waals surface area contributed by atoms with E-state index in [-0.39, 0.29) is 17.6 Å². The molecule has 2 rings (SSSR count). The third kappa shape index (κ3) is 4.47. The van der Waals surface area contributed by atoms with E-state index in [0.29, 0.717) is 5.02 Å². The van der Waals surface area contributed by atoms with E-state index in [1.54, 1.807) is 6.92 Å². The van der Waals surface area contributed by atoms with Crippen molar-refractivity contribution in [2.45, 2.75) is 51.4 Å². The maximum absolute atomic E-state index is 12.3. The number of aromatic nitrogens is 2. The van der Waals surface area contributed by atoms with Gasteiger partial charge in [0.25, 0.3) is 0 Å². The molecule has 7 heteroatoms. The van der Waals surface area contributed by atoms with Gasteiger partial charge in [-0.2, -0.15) is 5.26 Å². The number of fused-ring (bicyclic) bond motifs is 1. The summed E-state index contributed by atoms with van der Waals surface area (Å²) in [6, 6.07) is 7.82. The Balaban J connectivity index is 2.16. The zero-order valence-electron chi connectivity index (χ0n) is 15.0. The molecule has 0 fully saturated rings. The number of aryl methyl sites for hydroxylation is 1. The van der Waals surface area contributed by atoms with Gasteiger partial charge in [0.2, 0.25) is 5.91 Å². The second kappa shape index (κ2) is 8.11. The van der Waals surface area contributed by atoms with Crippen LogP contribution in [0.5, 0.6) is 0 Å². The lowest BCUT2D eigenvalue weighted by atomic mass is 9.90. The van der Waals surface area contributed by atoms with Gasteiger partial charge in [-0.15, -0.1) is 0 Å². The summed E-state index contributed by atoms with van der Waals surface area (Å²) in [5.74, 6) is 0.0687. The molecule has 0 aliphatic rings. The number of hydrogen-bond donors (Lipinski definition) is 1. The lowest BCUT2D eigenvalue weighted by molar-refractivity contribution is -0.120. The second-order valence-electron chi connectivity index (χ2n) is 6.48. The van der Waals surface area contributed by atoms with Crippen molar-refractivity contribution in [2.75, 3.05) is 5.75 Å². The zero-order chi connectivity index (χ0) is 18.6. The summed E-state index contributed by atoms with van der Waals surface area (Å²) in [4.78, 5) is 16.9. The van der Waals surface area contributed by atoms with Crippen molar-refractivity contribution in [3.63, 3.8) is 0 Å². The molecule has 25 heavy (non-hydrogen) atoms. The first kappa shape index (κ1) is 19.6. The van der Waals surface area contributed by atoms with E-state index in [1.807, 2.05) is 32.0 Å². The third-order valence-electron chi connectivity index (χ3n) is 4.24. The summed E-state index contributed by atoms with van der Waals surface area (Å²) >= 11 is 7.43. The molecule has 0 saturated heterocycles. The molecule has 1 heterocycles. The fraction of sp³-hybridized carbons (Fsp3) is 0.500. The molecular formula is C18H23ClN4OS. The number of imidazole rings is 1. The quantitative estimate of drug-likeness (QED) is 0.731. The van der Waals surface area contributed by atoms with Crippen LogP contribution >= 0.6 is 23.4 Å². The third-order valence-corrected chi connectivity index (χ3v) is 5.45. The minimum atomic E-state index is -0.866. The van der Waals surface area contributed by atoms with Crippen molar-refractivity contribution in [1.29, 1.82) is 5.26 Å². The molecule has 1 aromatic heterocycles. The summed E-state index contributed by atoms with van der Waals surface area (Å²) in [6.07, 6.45) is 0.966. The SMILES string of the molecule is CCCn1c(SCC(=O)N[C@](C)(C#N)C(C)C)nc2cc(Cl)ccc21. The van der Waals surface area contributed by atoms with Crippen LogP contribution in [0.15, 0.2) is 23.4 Å². The fourth-order valence-corrected chi connectivity index (χ4v) is 3.39. The lowest BCUT2D eigenvalue weighted by Gasteiger charge is -2.27. The molecule has 0 saturated carbocycles. The molecule has 1 atom stereocenters. The Hall–Kier alpha value is -1.71. The van der Waals surface area contributed by atoms with Crippen molar-refractivity contribution in [1.82, 2.24) is 14.9 Å². The Morgan fingerprint density at radius 1 is 1.52 bits per heavy atom. The van der Waals surface area contributed by atoms with Gasteiger partial charge in [-0.25, -0.2) is 4.98 Å². The van der Waals surface area contributed by atoms with Gasteiger partial charge in [0.15, 0.2) is 5.16 Å². The summed E-state index contributed by atoms with van der Waals surface area (Å²) in [5.41, 5.74) is 0.973. The zero-order valence-corrected chi connectivity index (χ0v) is 16.5. The van der Waals surface area contributed by atoms with Gasteiger partial charge in [-0.1, -0.05) is 44.1 Å². The predicted molar refractivity (Wildman–Crippen MR) is 103 cm³/mol. The van der Waals surface area contributed by atoms with Crippen LogP contribution in [0.4, 0.5) is 0 Å². The van der Waals surface area contributed by atoms with Crippen LogP contribution in [0.3, 0.4) is 0 Å². The number of carbonyl (C=O) groups is 1. The average molecular weight is 379 g/mol. The van der Waals surface area contributed by atoms with Crippen molar-refractivity contribution < 1.29 is 4.79 Å². The summed E-state index contributed by atoms with van der Waals surface area (Å²) < 4.78 is 2.11. The number of nitrogens with zero attached hydrogens (tertiary/aromatic N) is 3. The molecule has 5 nitrogen and oxygen atoms in total. The molecule has 1 aromatic carbocycles. The van der Waals surface area contributed by atoms with Gasteiger partial charge in [-0.3, -0.25) is 4.79 Å². The highest BCUT2D eigenvalue weighted by atomic mass is 35.5. The van der Waals surface area contributed by atoms with Crippen LogP contribution in [-0.4, -0.2) is 26.8 Å². The van der Waals surface area contributed by atoms with Crippen LogP contribution in [-0.2, 0) is 11.3 Å². The van der Waals surface area contributed by atoms with E-state index in [0.717, 1.165) is 29.2 Å². The molecule has 0 aliphatic carbocycles. The second-order valence-corrected chi connectivity index (χ2v) is 7.86. The number of thioether (sulfide) groups is 1. The molecule has 0 bridgehead atoms. The fourth-order valence-electron chi connectivity index (χ4n) is 2.39. The van der Waals surface area contributed by atoms with Crippen molar-refractivity contribution in [2.24, 2.45) is 5.92 Å². The van der Waals surface area contributed by atoms with Crippen LogP contribution in [0.25, 0.3) is 11.0 Å². The Morgan fingerprint density at radius 3 is 2.84 bits per heavy atom. The highest BCUT2D eigenvalue weighted by molar-refractivity contribution is 7.99. The number of rotatable bonds is 7. The first-order valence-corrected chi connectivity index (χ1v) is 9.68. The van der Waals surface area contributed by atoms with E-state index in [1.165, 1.54) is 11.8 Å². The van der Waals surface area contributed by atoms with Gasteiger partial charge < -0.3 is 9.88 Å². The van der Waals surface area contributed by atoms with Crippen molar-refractivity contribution in [3.05, 3.63) is 23.2 Å². The smallest absolute Gasteiger partial charge is 0.231 e. The molecule has 0 unspecified atom stereocenters. The Kier molecular flexibility index (Phi) is 6.36. The largest absolute Gasteiger partial charge is 0.337 e. The summed E-state index contributed by atoms with van der Waals surface area (Å²) in [6.45, 7) is 8.50. The van der Waals surface area contributed by atoms with E-state index < -0.39 is 5.54 Å². The number of nitriles is 1. The number of carbonyl (C=O) groups excluding carboxylic acids is 1. The van der Waals surface area contributed by atoms with E-state index in [2.05, 4.69) is 27.9 Å². The highest BCUT2D eigenvalue weighted by Gasteiger charge is 2.30. The first-order chi connectivity index (χ1) is 11.8. The van der Waals surface area contributed by atoms with E-state index in [9.17, 15) is 10.1 Å². The van der Waals surface area contributed by atoms with Gasteiger partial charge in [0.05, 0.1) is 22.9 Å². The monoisotopic (exact) mass is 378 g/mol. The Bertz CT molecular complexity index is 811. The molecule has 0 aliphatic heterocycles. The maximum atomic E-state index is 12.3. The molecule has 2 aromatic rings. The first-order valence-electron chi connectivity index (χ1n) is 8.31. The molecule has 0 spiro atoms. The number of amides is 1. The van der Waals surface area contributed by atoms with Crippen molar-refractivity contribution >= 4 is 40.3 Å². The number of halogens is 1. The Morgan fingerprint density at radius 2 is 2.24 bits per heavy atom. The minimum Gasteiger partial charge on any atom is -0.337 e. The summed E-state index contributed by atoms with van der Waals surface area (Å²) in [5, 5.41) is 13.6. The lowest BCUT2D eigenvalue weighted by Crippen LogP contribution is -2.49. The van der Waals surface area contributed by atoms with Gasteiger partial charge in [0, 0.05) is 11.6 Å². The van der Waals surface area contributed by atoms with Gasteiger partial charge in [-0.05, 0) is 37.5 Å². The van der Waals surface area contributed by atoms with Crippen LogP contribution in [0, 0.1) is 17.2 Å². The number of hydrogen-bond acceptors (Lipinski definition) is 4. The molecule has 0 radical (unpaired) electrons.